The molecule has 0 fully saturated rings. The Hall–Kier alpha value is -3.67. The smallest absolute Gasteiger partial charge is 0.325 e. The largest absolute Gasteiger partial charge is 0.508 e. The summed E-state index contributed by atoms with van der Waals surface area (Å²) in [5.74, 6) is -4.84. The molecule has 0 spiro atoms. The molecular weight excluding hydrogens is 460 g/mol. The van der Waals surface area contributed by atoms with Crippen LogP contribution in [0.5, 0.6) is 5.75 Å². The van der Waals surface area contributed by atoms with Gasteiger partial charge in [0.1, 0.15) is 23.9 Å². The maximum Gasteiger partial charge on any atom is 0.325 e. The van der Waals surface area contributed by atoms with Gasteiger partial charge < -0.3 is 37.0 Å². The van der Waals surface area contributed by atoms with Crippen molar-refractivity contribution >= 4 is 29.7 Å². The Balaban J connectivity index is 3.07. The van der Waals surface area contributed by atoms with Gasteiger partial charge in [-0.1, -0.05) is 32.4 Å². The first-order chi connectivity index (χ1) is 16.3. The van der Waals surface area contributed by atoms with Crippen LogP contribution in [0.15, 0.2) is 24.3 Å². The van der Waals surface area contributed by atoms with Gasteiger partial charge >= 0.3 is 11.9 Å². The average Bonchev–Trinajstić information content (AvgIpc) is 2.80. The highest BCUT2D eigenvalue weighted by Crippen LogP contribution is 2.13. The molecule has 35 heavy (non-hydrogen) atoms. The lowest BCUT2D eigenvalue weighted by atomic mass is 9.96. The van der Waals surface area contributed by atoms with Gasteiger partial charge in [0.2, 0.25) is 17.7 Å². The normalized spacial score (nSPS) is 15.1. The number of hydrogen-bond donors (Lipinski definition) is 7. The summed E-state index contributed by atoms with van der Waals surface area (Å²) in [6, 6.07) is 1.32. The topological polar surface area (TPSA) is 208 Å². The Bertz CT molecular complexity index is 905. The van der Waals surface area contributed by atoms with Gasteiger partial charge in [-0.2, -0.15) is 0 Å². The van der Waals surface area contributed by atoms with Gasteiger partial charge in [0.15, 0.2) is 0 Å². The molecule has 0 aliphatic carbocycles. The molecule has 0 radical (unpaired) electrons. The number of aromatic hydroxyl groups is 1. The van der Waals surface area contributed by atoms with E-state index in [1.54, 1.807) is 26.0 Å². The fraction of sp³-hybridized carbons (Fsp3) is 0.522. The fourth-order valence-electron chi connectivity index (χ4n) is 3.09. The van der Waals surface area contributed by atoms with Gasteiger partial charge in [-0.05, 0) is 37.0 Å². The number of amides is 3. The predicted octanol–water partition coefficient (Wildman–Crippen LogP) is -0.268. The fourth-order valence-corrected chi connectivity index (χ4v) is 3.09. The number of carbonyl (C=O) groups is 5. The molecule has 0 aliphatic heterocycles. The number of nitrogens with one attached hydrogen (secondary N) is 3. The molecular formula is C23H34N4O8. The molecule has 0 saturated carbocycles. The van der Waals surface area contributed by atoms with Crippen LogP contribution in [0, 0.1) is 5.92 Å². The first-order valence-corrected chi connectivity index (χ1v) is 11.2. The first kappa shape index (κ1) is 29.4. The lowest BCUT2D eigenvalue weighted by Gasteiger charge is -2.27. The van der Waals surface area contributed by atoms with Gasteiger partial charge in [0.25, 0.3) is 0 Å². The average molecular weight is 495 g/mol. The standard InChI is InChI=1S/C23H34N4O8/c1-4-12(2)19(27-20(31)16(24)9-10-18(29)30)22(33)26-17(21(32)25-13(3)23(34)35)11-14-5-7-15(28)8-6-14/h5-8,12-13,16-17,19,28H,4,9-11,24H2,1-3H3,(H,25,32)(H,26,33)(H,27,31)(H,29,30)(H,34,35). The van der Waals surface area contributed by atoms with Crippen molar-refractivity contribution in [3.63, 3.8) is 0 Å². The third-order valence-corrected chi connectivity index (χ3v) is 5.54. The predicted molar refractivity (Wildman–Crippen MR) is 125 cm³/mol. The number of phenolic OH excluding ortho intramolecular Hbond substituents is 1. The van der Waals surface area contributed by atoms with Crippen LogP contribution in [0.1, 0.15) is 45.6 Å². The molecule has 12 nitrogen and oxygen atoms in total. The van der Waals surface area contributed by atoms with Crippen molar-refractivity contribution in [2.24, 2.45) is 11.7 Å². The van der Waals surface area contributed by atoms with Gasteiger partial charge in [-0.15, -0.1) is 0 Å². The lowest BCUT2D eigenvalue weighted by Crippen LogP contribution is -2.58. The van der Waals surface area contributed by atoms with Gasteiger partial charge in [0, 0.05) is 12.8 Å². The van der Waals surface area contributed by atoms with E-state index < -0.39 is 53.8 Å². The highest BCUT2D eigenvalue weighted by Gasteiger charge is 2.32. The molecule has 0 aromatic heterocycles. The zero-order valence-electron chi connectivity index (χ0n) is 20.0. The molecule has 12 heteroatoms. The maximum absolute atomic E-state index is 13.1. The summed E-state index contributed by atoms with van der Waals surface area (Å²) < 4.78 is 0. The Morgan fingerprint density at radius 1 is 0.914 bits per heavy atom. The molecule has 3 amide bonds. The summed E-state index contributed by atoms with van der Waals surface area (Å²) in [6.07, 6.45) is 0.0531. The van der Waals surface area contributed by atoms with E-state index in [0.717, 1.165) is 0 Å². The van der Waals surface area contributed by atoms with Crippen LogP contribution in [0.2, 0.25) is 0 Å². The second-order valence-electron chi connectivity index (χ2n) is 8.41. The molecule has 8 N–H and O–H groups in total. The zero-order chi connectivity index (χ0) is 26.7. The van der Waals surface area contributed by atoms with Crippen molar-refractivity contribution in [1.29, 1.82) is 0 Å². The van der Waals surface area contributed by atoms with E-state index in [4.69, 9.17) is 15.9 Å². The molecule has 1 rings (SSSR count). The minimum atomic E-state index is -1.26. The molecule has 5 atom stereocenters. The van der Waals surface area contributed by atoms with Crippen LogP contribution in [-0.4, -0.2) is 69.1 Å². The van der Waals surface area contributed by atoms with Crippen LogP contribution in [0.4, 0.5) is 0 Å². The van der Waals surface area contributed by atoms with Crippen LogP contribution in [0.3, 0.4) is 0 Å². The number of carboxylic acid groups (broad SMARTS) is 2. The van der Waals surface area contributed by atoms with Crippen molar-refractivity contribution < 1.29 is 39.3 Å². The van der Waals surface area contributed by atoms with E-state index in [9.17, 15) is 29.1 Å². The lowest BCUT2D eigenvalue weighted by molar-refractivity contribution is -0.142. The Labute approximate surface area is 203 Å². The Morgan fingerprint density at radius 2 is 1.51 bits per heavy atom. The van der Waals surface area contributed by atoms with Crippen molar-refractivity contribution in [2.45, 2.75) is 70.6 Å². The maximum atomic E-state index is 13.1. The van der Waals surface area contributed by atoms with E-state index in [0.29, 0.717) is 12.0 Å². The SMILES string of the molecule is CCC(C)C(NC(=O)C(N)CCC(=O)O)C(=O)NC(Cc1ccc(O)cc1)C(=O)NC(C)C(=O)O. The van der Waals surface area contributed by atoms with Crippen molar-refractivity contribution in [1.82, 2.24) is 16.0 Å². The van der Waals surface area contributed by atoms with Crippen LogP contribution in [0.25, 0.3) is 0 Å². The highest BCUT2D eigenvalue weighted by molar-refractivity contribution is 5.94. The van der Waals surface area contributed by atoms with Gasteiger partial charge in [-0.3, -0.25) is 24.0 Å². The van der Waals surface area contributed by atoms with Crippen molar-refractivity contribution in [2.75, 3.05) is 0 Å². The summed E-state index contributed by atoms with van der Waals surface area (Å²) >= 11 is 0. The number of carboxylic acids is 2. The van der Waals surface area contributed by atoms with Crippen molar-refractivity contribution in [3.8, 4) is 5.75 Å². The third-order valence-electron chi connectivity index (χ3n) is 5.54. The molecule has 0 heterocycles. The minimum absolute atomic E-state index is 0.0104. The van der Waals surface area contributed by atoms with E-state index in [1.165, 1.54) is 19.1 Å². The summed E-state index contributed by atoms with van der Waals surface area (Å²) in [5.41, 5.74) is 6.34. The monoisotopic (exact) mass is 494 g/mol. The zero-order valence-corrected chi connectivity index (χ0v) is 20.0. The van der Waals surface area contributed by atoms with E-state index >= 15 is 0 Å². The van der Waals surface area contributed by atoms with E-state index in [-0.39, 0.29) is 30.9 Å². The van der Waals surface area contributed by atoms with E-state index in [2.05, 4.69) is 16.0 Å². The van der Waals surface area contributed by atoms with Crippen LogP contribution >= 0.6 is 0 Å². The van der Waals surface area contributed by atoms with Crippen LogP contribution in [-0.2, 0) is 30.4 Å². The summed E-state index contributed by atoms with van der Waals surface area (Å²) in [6.45, 7) is 4.80. The molecule has 1 aromatic carbocycles. The molecule has 0 bridgehead atoms. The quantitative estimate of drug-likeness (QED) is 0.181. The molecule has 5 unspecified atom stereocenters. The number of phenols is 1. The minimum Gasteiger partial charge on any atom is -0.508 e. The number of carbonyl (C=O) groups excluding carboxylic acids is 3. The second kappa shape index (κ2) is 13.9. The molecule has 0 aliphatic rings. The first-order valence-electron chi connectivity index (χ1n) is 11.2. The summed E-state index contributed by atoms with van der Waals surface area (Å²) in [7, 11) is 0. The Kier molecular flexibility index (Phi) is 11.7. The molecule has 194 valence electrons. The summed E-state index contributed by atoms with van der Waals surface area (Å²) in [4.78, 5) is 60.3. The number of rotatable bonds is 14. The molecule has 0 saturated heterocycles. The van der Waals surface area contributed by atoms with E-state index in [1.807, 2.05) is 0 Å². The van der Waals surface area contributed by atoms with Crippen LogP contribution < -0.4 is 21.7 Å². The second-order valence-corrected chi connectivity index (χ2v) is 8.41. The third kappa shape index (κ3) is 10.0. The number of aliphatic carboxylic acids is 2. The highest BCUT2D eigenvalue weighted by atomic mass is 16.4. The molecule has 1 aromatic rings. The van der Waals surface area contributed by atoms with Gasteiger partial charge in [0.05, 0.1) is 6.04 Å². The number of hydrogen-bond acceptors (Lipinski definition) is 7. The Morgan fingerprint density at radius 3 is 2.03 bits per heavy atom. The van der Waals surface area contributed by atoms with Crippen molar-refractivity contribution in [3.05, 3.63) is 29.8 Å². The van der Waals surface area contributed by atoms with Gasteiger partial charge in [-0.25, -0.2) is 0 Å². The number of benzene rings is 1. The number of nitrogens with two attached hydrogens (primary N) is 1. The summed E-state index contributed by atoms with van der Waals surface area (Å²) in [5, 5.41) is 34.8.